The number of halogens is 1. The van der Waals surface area contributed by atoms with E-state index in [4.69, 9.17) is 16.3 Å². The highest BCUT2D eigenvalue weighted by molar-refractivity contribution is 7.14. The van der Waals surface area contributed by atoms with Gasteiger partial charge in [-0.25, -0.2) is 0 Å². The van der Waals surface area contributed by atoms with Crippen LogP contribution >= 0.6 is 22.9 Å². The molecule has 1 aliphatic carbocycles. The van der Waals surface area contributed by atoms with Crippen molar-refractivity contribution in [1.29, 1.82) is 0 Å². The maximum Gasteiger partial charge on any atom is 0.307 e. The van der Waals surface area contributed by atoms with Crippen LogP contribution in [0.15, 0.2) is 30.3 Å². The number of esters is 1. The summed E-state index contributed by atoms with van der Waals surface area (Å²) < 4.78 is 4.76. The minimum Gasteiger partial charge on any atom is -0.469 e. The summed E-state index contributed by atoms with van der Waals surface area (Å²) in [5.74, 6) is -0.566. The van der Waals surface area contributed by atoms with Gasteiger partial charge >= 0.3 is 5.97 Å². The average Bonchev–Trinajstić information content (AvgIpc) is 3.05. The molecule has 1 atom stereocenters. The Morgan fingerprint density at radius 3 is 2.76 bits per heavy atom. The first kappa shape index (κ1) is 18.0. The summed E-state index contributed by atoms with van der Waals surface area (Å²) in [7, 11) is 1.33. The minimum absolute atomic E-state index is 0.0388. The van der Waals surface area contributed by atoms with Gasteiger partial charge in [0.25, 0.3) is 5.91 Å². The van der Waals surface area contributed by atoms with Crippen LogP contribution in [0.4, 0.5) is 0 Å². The lowest BCUT2D eigenvalue weighted by Crippen LogP contribution is -2.30. The van der Waals surface area contributed by atoms with Crippen molar-refractivity contribution in [1.82, 2.24) is 5.32 Å². The number of carbonyl (C=O) groups excluding carboxylic acids is 2. The van der Waals surface area contributed by atoms with E-state index in [-0.39, 0.29) is 12.3 Å². The molecule has 0 fully saturated rings. The quantitative estimate of drug-likeness (QED) is 0.789. The molecule has 0 aliphatic heterocycles. The second-order valence-electron chi connectivity index (χ2n) is 6.09. The van der Waals surface area contributed by atoms with E-state index in [0.29, 0.717) is 15.5 Å². The van der Waals surface area contributed by atoms with Crippen LogP contribution < -0.4 is 5.32 Å². The SMILES string of the molecule is COC(=O)CC(NC(=O)c1cc2c(s1)CCCC2)c1ccccc1Cl. The van der Waals surface area contributed by atoms with Gasteiger partial charge in [-0.05, 0) is 48.9 Å². The number of carbonyl (C=O) groups is 2. The van der Waals surface area contributed by atoms with Crippen molar-refractivity contribution in [2.24, 2.45) is 0 Å². The van der Waals surface area contributed by atoms with Crippen molar-refractivity contribution in [2.75, 3.05) is 7.11 Å². The summed E-state index contributed by atoms with van der Waals surface area (Å²) in [6.07, 6.45) is 4.48. The van der Waals surface area contributed by atoms with Crippen molar-refractivity contribution in [2.45, 2.75) is 38.1 Å². The molecule has 0 spiro atoms. The molecule has 2 aromatic rings. The molecule has 0 radical (unpaired) electrons. The van der Waals surface area contributed by atoms with Crippen molar-refractivity contribution in [3.8, 4) is 0 Å². The summed E-state index contributed by atoms with van der Waals surface area (Å²) in [6.45, 7) is 0. The van der Waals surface area contributed by atoms with Crippen LogP contribution in [0.25, 0.3) is 0 Å². The number of thiophene rings is 1. The van der Waals surface area contributed by atoms with Gasteiger partial charge in [-0.2, -0.15) is 0 Å². The summed E-state index contributed by atoms with van der Waals surface area (Å²) in [6, 6.07) is 8.67. The third kappa shape index (κ3) is 4.22. The number of methoxy groups -OCH3 is 1. The lowest BCUT2D eigenvalue weighted by molar-refractivity contribution is -0.141. The van der Waals surface area contributed by atoms with E-state index in [1.54, 1.807) is 17.4 Å². The third-order valence-electron chi connectivity index (χ3n) is 4.40. The van der Waals surface area contributed by atoms with E-state index in [0.717, 1.165) is 12.8 Å². The first-order valence-corrected chi connectivity index (χ1v) is 9.51. The highest BCUT2D eigenvalue weighted by atomic mass is 35.5. The molecule has 1 amide bonds. The maximum absolute atomic E-state index is 12.7. The van der Waals surface area contributed by atoms with E-state index in [1.165, 1.54) is 30.4 Å². The average molecular weight is 378 g/mol. The second-order valence-corrected chi connectivity index (χ2v) is 7.64. The highest BCUT2D eigenvalue weighted by Gasteiger charge is 2.24. The molecule has 4 nitrogen and oxygen atoms in total. The fraction of sp³-hybridized carbons (Fsp3) is 0.368. The van der Waals surface area contributed by atoms with Crippen LogP contribution in [0, 0.1) is 0 Å². The van der Waals surface area contributed by atoms with E-state index in [9.17, 15) is 9.59 Å². The van der Waals surface area contributed by atoms with Crippen LogP contribution in [-0.4, -0.2) is 19.0 Å². The Morgan fingerprint density at radius 1 is 1.28 bits per heavy atom. The van der Waals surface area contributed by atoms with Gasteiger partial charge in [0, 0.05) is 9.90 Å². The van der Waals surface area contributed by atoms with Crippen LogP contribution in [0.3, 0.4) is 0 Å². The predicted octanol–water partition coefficient (Wildman–Crippen LogP) is 4.31. The zero-order valence-corrected chi connectivity index (χ0v) is 15.6. The molecule has 1 N–H and O–H groups in total. The Hall–Kier alpha value is -1.85. The number of fused-ring (bicyclic) bond motifs is 1. The van der Waals surface area contributed by atoms with Crippen LogP contribution in [0.2, 0.25) is 5.02 Å². The molecule has 0 bridgehead atoms. The minimum atomic E-state index is -0.521. The van der Waals surface area contributed by atoms with Crippen LogP contribution in [0.1, 0.15) is 51.0 Å². The maximum atomic E-state index is 12.7. The predicted molar refractivity (Wildman–Crippen MR) is 99.3 cm³/mol. The number of amides is 1. The number of nitrogens with one attached hydrogen (secondary N) is 1. The highest BCUT2D eigenvalue weighted by Crippen LogP contribution is 2.31. The second kappa shape index (κ2) is 8.02. The standard InChI is InChI=1S/C19H20ClNO3S/c1-24-18(22)11-15(13-7-3-4-8-14(13)20)21-19(23)17-10-12-6-2-5-9-16(12)25-17/h3-4,7-8,10,15H,2,5-6,9,11H2,1H3,(H,21,23). The fourth-order valence-electron chi connectivity index (χ4n) is 3.08. The molecule has 3 rings (SSSR count). The zero-order valence-electron chi connectivity index (χ0n) is 14.0. The molecule has 1 aliphatic rings. The summed E-state index contributed by atoms with van der Waals surface area (Å²) in [4.78, 5) is 26.5. The van der Waals surface area contributed by atoms with Gasteiger partial charge in [0.2, 0.25) is 0 Å². The number of aryl methyl sites for hydroxylation is 2. The molecule has 132 valence electrons. The smallest absolute Gasteiger partial charge is 0.307 e. The largest absolute Gasteiger partial charge is 0.469 e. The summed E-state index contributed by atoms with van der Waals surface area (Å²) in [5.41, 5.74) is 1.99. The molecule has 0 saturated heterocycles. The number of benzene rings is 1. The van der Waals surface area contributed by atoms with Crippen molar-refractivity contribution < 1.29 is 14.3 Å². The third-order valence-corrected chi connectivity index (χ3v) is 5.98. The van der Waals surface area contributed by atoms with E-state index in [1.807, 2.05) is 24.3 Å². The number of hydrogen-bond acceptors (Lipinski definition) is 4. The molecule has 1 aromatic heterocycles. The Kier molecular flexibility index (Phi) is 5.76. The van der Waals surface area contributed by atoms with Crippen molar-refractivity contribution >= 4 is 34.8 Å². The fourth-order valence-corrected chi connectivity index (χ4v) is 4.50. The molecule has 1 heterocycles. The normalized spacial score (nSPS) is 14.5. The molecular formula is C19H20ClNO3S. The Labute approximate surface area is 156 Å². The van der Waals surface area contributed by atoms with E-state index in [2.05, 4.69) is 5.32 Å². The summed E-state index contributed by atoms with van der Waals surface area (Å²) in [5, 5.41) is 3.47. The molecule has 1 unspecified atom stereocenters. The molecule has 6 heteroatoms. The Balaban J connectivity index is 1.81. The van der Waals surface area contributed by atoms with Gasteiger partial charge < -0.3 is 10.1 Å². The number of ether oxygens (including phenoxy) is 1. The van der Waals surface area contributed by atoms with Gasteiger partial charge in [-0.15, -0.1) is 11.3 Å². The zero-order chi connectivity index (χ0) is 17.8. The van der Waals surface area contributed by atoms with Crippen molar-refractivity contribution in [3.05, 3.63) is 56.2 Å². The van der Waals surface area contributed by atoms with Gasteiger partial charge in [-0.3, -0.25) is 9.59 Å². The summed E-state index contributed by atoms with van der Waals surface area (Å²) >= 11 is 7.81. The van der Waals surface area contributed by atoms with E-state index < -0.39 is 12.0 Å². The van der Waals surface area contributed by atoms with Crippen LogP contribution in [0.5, 0.6) is 0 Å². The number of hydrogen-bond donors (Lipinski definition) is 1. The monoisotopic (exact) mass is 377 g/mol. The van der Waals surface area contributed by atoms with E-state index >= 15 is 0 Å². The van der Waals surface area contributed by atoms with Gasteiger partial charge in [0.1, 0.15) is 0 Å². The lowest BCUT2D eigenvalue weighted by Gasteiger charge is -2.19. The van der Waals surface area contributed by atoms with Gasteiger partial charge in [-0.1, -0.05) is 29.8 Å². The van der Waals surface area contributed by atoms with Gasteiger partial charge in [0.15, 0.2) is 0 Å². The van der Waals surface area contributed by atoms with Crippen molar-refractivity contribution in [3.63, 3.8) is 0 Å². The molecule has 25 heavy (non-hydrogen) atoms. The first-order chi connectivity index (χ1) is 12.1. The molecule has 1 aromatic carbocycles. The number of rotatable bonds is 5. The Bertz CT molecular complexity index is 763. The topological polar surface area (TPSA) is 55.4 Å². The van der Waals surface area contributed by atoms with Gasteiger partial charge in [0.05, 0.1) is 24.4 Å². The molecule has 0 saturated carbocycles. The Morgan fingerprint density at radius 2 is 2.04 bits per heavy atom. The lowest BCUT2D eigenvalue weighted by atomic mass is 9.99. The molecular weight excluding hydrogens is 358 g/mol. The first-order valence-electron chi connectivity index (χ1n) is 8.32. The van der Waals surface area contributed by atoms with Crippen LogP contribution in [-0.2, 0) is 22.4 Å².